The van der Waals surface area contributed by atoms with Gasteiger partial charge in [0.2, 0.25) is 0 Å². The zero-order chi connectivity index (χ0) is 18.6. The Morgan fingerprint density at radius 3 is 2.46 bits per heavy atom. The molecule has 3 rings (SSSR count). The molecule has 0 aliphatic carbocycles. The second-order valence-electron chi connectivity index (χ2n) is 7.08. The van der Waals surface area contributed by atoms with Gasteiger partial charge in [0.1, 0.15) is 5.82 Å². The summed E-state index contributed by atoms with van der Waals surface area (Å²) in [4.78, 5) is 14.4. The standard InChI is InChI=1S/C21H25FN2O2/c1-16-3-5-17(6-4-16)13-23-15-21(26)11-2-12-24(20(21)25)14-18-7-9-19(22)10-8-18/h3-10,23,26H,2,11-15H2,1H3. The molecule has 0 bridgehead atoms. The Kier molecular flexibility index (Phi) is 5.69. The molecule has 2 aromatic rings. The average Bonchev–Trinajstić information content (AvgIpc) is 2.63. The molecule has 1 atom stereocenters. The monoisotopic (exact) mass is 356 g/mol. The predicted octanol–water partition coefficient (Wildman–Crippen LogP) is 2.78. The van der Waals surface area contributed by atoms with E-state index in [0.717, 1.165) is 17.5 Å². The molecule has 2 aromatic carbocycles. The van der Waals surface area contributed by atoms with Crippen LogP contribution in [0.25, 0.3) is 0 Å². The highest BCUT2D eigenvalue weighted by Gasteiger charge is 2.41. The van der Waals surface area contributed by atoms with E-state index >= 15 is 0 Å². The third kappa shape index (κ3) is 4.48. The van der Waals surface area contributed by atoms with Crippen LogP contribution in [0, 0.1) is 12.7 Å². The first-order chi connectivity index (χ1) is 12.5. The third-order valence-corrected chi connectivity index (χ3v) is 4.86. The van der Waals surface area contributed by atoms with E-state index in [9.17, 15) is 14.3 Å². The van der Waals surface area contributed by atoms with Crippen LogP contribution in [-0.4, -0.2) is 34.6 Å². The van der Waals surface area contributed by atoms with Crippen LogP contribution in [0.15, 0.2) is 48.5 Å². The molecule has 2 N–H and O–H groups in total. The fraction of sp³-hybridized carbons (Fsp3) is 0.381. The van der Waals surface area contributed by atoms with Crippen LogP contribution in [0.5, 0.6) is 0 Å². The Balaban J connectivity index is 1.58. The number of aryl methyl sites for hydroxylation is 1. The minimum Gasteiger partial charge on any atom is -0.379 e. The van der Waals surface area contributed by atoms with E-state index in [4.69, 9.17) is 0 Å². The number of benzene rings is 2. The number of nitrogens with zero attached hydrogens (tertiary/aromatic N) is 1. The first kappa shape index (κ1) is 18.5. The van der Waals surface area contributed by atoms with Crippen molar-refractivity contribution in [3.8, 4) is 0 Å². The Morgan fingerprint density at radius 1 is 1.12 bits per heavy atom. The number of amides is 1. The van der Waals surface area contributed by atoms with Crippen molar-refractivity contribution in [2.75, 3.05) is 13.1 Å². The summed E-state index contributed by atoms with van der Waals surface area (Å²) in [7, 11) is 0. The molecule has 138 valence electrons. The van der Waals surface area contributed by atoms with Crippen molar-refractivity contribution >= 4 is 5.91 Å². The Hall–Kier alpha value is -2.24. The molecule has 0 radical (unpaired) electrons. The molecule has 0 spiro atoms. The van der Waals surface area contributed by atoms with E-state index in [1.807, 2.05) is 31.2 Å². The van der Waals surface area contributed by atoms with Gasteiger partial charge in [-0.05, 0) is 43.0 Å². The molecule has 0 aromatic heterocycles. The van der Waals surface area contributed by atoms with Gasteiger partial charge in [0.15, 0.2) is 5.60 Å². The molecule has 1 fully saturated rings. The maximum atomic E-state index is 13.0. The Morgan fingerprint density at radius 2 is 1.77 bits per heavy atom. The number of halogens is 1. The van der Waals surface area contributed by atoms with Crippen LogP contribution in [0.3, 0.4) is 0 Å². The lowest BCUT2D eigenvalue weighted by molar-refractivity contribution is -0.157. The summed E-state index contributed by atoms with van der Waals surface area (Å²) in [5.41, 5.74) is 1.79. The molecule has 1 aliphatic heterocycles. The topological polar surface area (TPSA) is 52.6 Å². The molecule has 5 heteroatoms. The molecular weight excluding hydrogens is 331 g/mol. The van der Waals surface area contributed by atoms with Crippen molar-refractivity contribution in [2.24, 2.45) is 0 Å². The number of rotatable bonds is 6. The summed E-state index contributed by atoms with van der Waals surface area (Å²) in [6.07, 6.45) is 1.20. The Labute approximate surface area is 153 Å². The zero-order valence-corrected chi connectivity index (χ0v) is 15.0. The molecule has 1 heterocycles. The number of hydrogen-bond acceptors (Lipinski definition) is 3. The van der Waals surface area contributed by atoms with Gasteiger partial charge in [0, 0.05) is 26.2 Å². The molecule has 1 unspecified atom stereocenters. The van der Waals surface area contributed by atoms with E-state index in [2.05, 4.69) is 5.32 Å². The van der Waals surface area contributed by atoms with Gasteiger partial charge >= 0.3 is 0 Å². The normalized spacial score (nSPS) is 20.4. The lowest BCUT2D eigenvalue weighted by atomic mass is 9.91. The van der Waals surface area contributed by atoms with Gasteiger partial charge in [0.05, 0.1) is 0 Å². The lowest BCUT2D eigenvalue weighted by Crippen LogP contribution is -2.57. The number of carbonyl (C=O) groups is 1. The van der Waals surface area contributed by atoms with E-state index in [0.29, 0.717) is 26.1 Å². The van der Waals surface area contributed by atoms with Crippen molar-refractivity contribution in [2.45, 2.75) is 38.5 Å². The molecule has 26 heavy (non-hydrogen) atoms. The number of piperidine rings is 1. The van der Waals surface area contributed by atoms with Gasteiger partial charge in [-0.15, -0.1) is 0 Å². The van der Waals surface area contributed by atoms with E-state index in [1.54, 1.807) is 17.0 Å². The lowest BCUT2D eigenvalue weighted by Gasteiger charge is -2.38. The van der Waals surface area contributed by atoms with Crippen LogP contribution in [0.1, 0.15) is 29.5 Å². The van der Waals surface area contributed by atoms with Gasteiger partial charge in [-0.1, -0.05) is 42.0 Å². The summed E-state index contributed by atoms with van der Waals surface area (Å²) >= 11 is 0. The van der Waals surface area contributed by atoms with Crippen molar-refractivity contribution in [3.05, 3.63) is 71.0 Å². The summed E-state index contributed by atoms with van der Waals surface area (Å²) in [6, 6.07) is 14.3. The van der Waals surface area contributed by atoms with Gasteiger partial charge in [0.25, 0.3) is 5.91 Å². The van der Waals surface area contributed by atoms with Crippen molar-refractivity contribution < 1.29 is 14.3 Å². The third-order valence-electron chi connectivity index (χ3n) is 4.86. The summed E-state index contributed by atoms with van der Waals surface area (Å²) < 4.78 is 13.0. The van der Waals surface area contributed by atoms with Crippen LogP contribution < -0.4 is 5.32 Å². The second kappa shape index (κ2) is 7.98. The number of hydrogen-bond donors (Lipinski definition) is 2. The van der Waals surface area contributed by atoms with E-state index in [-0.39, 0.29) is 18.3 Å². The quantitative estimate of drug-likeness (QED) is 0.837. The minimum atomic E-state index is -1.39. The first-order valence-corrected chi connectivity index (χ1v) is 8.99. The molecule has 4 nitrogen and oxygen atoms in total. The number of aliphatic hydroxyl groups is 1. The van der Waals surface area contributed by atoms with Crippen LogP contribution in [0.2, 0.25) is 0 Å². The van der Waals surface area contributed by atoms with Crippen molar-refractivity contribution in [3.63, 3.8) is 0 Å². The fourth-order valence-corrected chi connectivity index (χ4v) is 3.31. The van der Waals surface area contributed by atoms with E-state index < -0.39 is 5.60 Å². The molecular formula is C21H25FN2O2. The number of nitrogens with one attached hydrogen (secondary N) is 1. The van der Waals surface area contributed by atoms with Gasteiger partial charge in [-0.25, -0.2) is 4.39 Å². The predicted molar refractivity (Wildman–Crippen MR) is 98.9 cm³/mol. The number of likely N-dealkylation sites (tertiary alicyclic amines) is 1. The van der Waals surface area contributed by atoms with Gasteiger partial charge < -0.3 is 15.3 Å². The molecule has 1 amide bonds. The molecule has 1 saturated heterocycles. The summed E-state index contributed by atoms with van der Waals surface area (Å²) in [6.45, 7) is 3.86. The molecule has 1 aliphatic rings. The SMILES string of the molecule is Cc1ccc(CNCC2(O)CCCN(Cc3ccc(F)cc3)C2=O)cc1. The summed E-state index contributed by atoms with van der Waals surface area (Å²) in [5.74, 6) is -0.556. The average molecular weight is 356 g/mol. The maximum Gasteiger partial charge on any atom is 0.256 e. The van der Waals surface area contributed by atoms with Crippen LogP contribution in [-0.2, 0) is 17.9 Å². The first-order valence-electron chi connectivity index (χ1n) is 8.99. The maximum absolute atomic E-state index is 13.0. The second-order valence-corrected chi connectivity index (χ2v) is 7.08. The zero-order valence-electron chi connectivity index (χ0n) is 15.0. The highest BCUT2D eigenvalue weighted by atomic mass is 19.1. The molecule has 0 saturated carbocycles. The van der Waals surface area contributed by atoms with Crippen molar-refractivity contribution in [1.29, 1.82) is 0 Å². The minimum absolute atomic E-state index is 0.222. The van der Waals surface area contributed by atoms with Gasteiger partial charge in [-0.2, -0.15) is 0 Å². The smallest absolute Gasteiger partial charge is 0.256 e. The number of carbonyl (C=O) groups excluding carboxylic acids is 1. The fourth-order valence-electron chi connectivity index (χ4n) is 3.31. The highest BCUT2D eigenvalue weighted by Crippen LogP contribution is 2.24. The van der Waals surface area contributed by atoms with Crippen molar-refractivity contribution in [1.82, 2.24) is 10.2 Å². The van der Waals surface area contributed by atoms with Crippen LogP contribution >= 0.6 is 0 Å². The van der Waals surface area contributed by atoms with Gasteiger partial charge in [-0.3, -0.25) is 4.79 Å². The Bertz CT molecular complexity index is 746. The summed E-state index contributed by atoms with van der Waals surface area (Å²) in [5, 5.41) is 14.0. The van der Waals surface area contributed by atoms with E-state index in [1.165, 1.54) is 17.7 Å². The van der Waals surface area contributed by atoms with Crippen LogP contribution in [0.4, 0.5) is 4.39 Å². The largest absolute Gasteiger partial charge is 0.379 e. The highest BCUT2D eigenvalue weighted by molar-refractivity contribution is 5.86.